The first-order valence-electron chi connectivity index (χ1n) is 6.29. The van der Waals surface area contributed by atoms with E-state index >= 15 is 0 Å². The van der Waals surface area contributed by atoms with Gasteiger partial charge in [-0.1, -0.05) is 0 Å². The van der Waals surface area contributed by atoms with Gasteiger partial charge in [0.2, 0.25) is 0 Å². The number of nitrogens with one attached hydrogen (secondary N) is 1. The van der Waals surface area contributed by atoms with Gasteiger partial charge >= 0.3 is 0 Å². The number of ether oxygens (including phenoxy) is 2. The van der Waals surface area contributed by atoms with Gasteiger partial charge in [0, 0.05) is 58.3 Å². The second-order valence-corrected chi connectivity index (χ2v) is 5.45. The Kier molecular flexibility index (Phi) is 8.22. The molecule has 102 valence electrons. The minimum Gasteiger partial charge on any atom is -0.385 e. The largest absolute Gasteiger partial charge is 0.385 e. The first-order valence-corrected chi connectivity index (χ1v) is 7.57. The Morgan fingerprint density at radius 2 is 1.94 bits per heavy atom. The van der Waals surface area contributed by atoms with Crippen LogP contribution in [0.25, 0.3) is 0 Å². The Morgan fingerprint density at radius 3 is 2.59 bits per heavy atom. The van der Waals surface area contributed by atoms with Crippen LogP contribution in [0.2, 0.25) is 0 Å². The highest BCUT2D eigenvalue weighted by molar-refractivity contribution is 7.99. The highest BCUT2D eigenvalue weighted by atomic mass is 32.2. The number of hydrogen-bond donors (Lipinski definition) is 1. The molecule has 0 aromatic rings. The van der Waals surface area contributed by atoms with Crippen molar-refractivity contribution >= 4 is 11.8 Å². The molecule has 1 rings (SSSR count). The molecule has 2 unspecified atom stereocenters. The maximum absolute atomic E-state index is 5.21. The molecule has 1 fully saturated rings. The van der Waals surface area contributed by atoms with Crippen molar-refractivity contribution < 1.29 is 9.47 Å². The Morgan fingerprint density at radius 1 is 1.18 bits per heavy atom. The molecule has 1 heterocycles. The van der Waals surface area contributed by atoms with E-state index in [0.717, 1.165) is 45.8 Å². The number of methoxy groups -OCH3 is 2. The topological polar surface area (TPSA) is 33.7 Å². The molecule has 4 nitrogen and oxygen atoms in total. The van der Waals surface area contributed by atoms with Crippen molar-refractivity contribution in [2.45, 2.75) is 17.7 Å². The Labute approximate surface area is 109 Å². The van der Waals surface area contributed by atoms with E-state index in [2.05, 4.69) is 16.5 Å². The molecule has 0 saturated carbocycles. The molecule has 17 heavy (non-hydrogen) atoms. The lowest BCUT2D eigenvalue weighted by atomic mass is 10.2. The van der Waals surface area contributed by atoms with E-state index in [0.29, 0.717) is 11.3 Å². The number of hydrogen-bond acceptors (Lipinski definition) is 5. The van der Waals surface area contributed by atoms with Crippen LogP contribution in [0.3, 0.4) is 0 Å². The third-order valence-electron chi connectivity index (χ3n) is 3.28. The zero-order chi connectivity index (χ0) is 12.5. The lowest BCUT2D eigenvalue weighted by Crippen LogP contribution is -2.44. The molecule has 5 heteroatoms. The van der Waals surface area contributed by atoms with Crippen molar-refractivity contribution in [1.29, 1.82) is 0 Å². The van der Waals surface area contributed by atoms with Crippen molar-refractivity contribution in [3.05, 3.63) is 0 Å². The Bertz CT molecular complexity index is 195. The van der Waals surface area contributed by atoms with Crippen LogP contribution < -0.4 is 5.32 Å². The van der Waals surface area contributed by atoms with E-state index in [-0.39, 0.29) is 0 Å². The summed E-state index contributed by atoms with van der Waals surface area (Å²) >= 11 is 1.97. The van der Waals surface area contributed by atoms with Gasteiger partial charge in [-0.05, 0) is 12.7 Å². The van der Waals surface area contributed by atoms with Gasteiger partial charge in [0.25, 0.3) is 0 Å². The lowest BCUT2D eigenvalue weighted by Gasteiger charge is -2.31. The molecule has 1 aliphatic rings. The van der Waals surface area contributed by atoms with Gasteiger partial charge in [0.05, 0.1) is 6.61 Å². The summed E-state index contributed by atoms with van der Waals surface area (Å²) in [6.07, 6.45) is 3.30. The fourth-order valence-corrected chi connectivity index (χ4v) is 3.18. The molecule has 1 aliphatic heterocycles. The Hall–Kier alpha value is 0.190. The summed E-state index contributed by atoms with van der Waals surface area (Å²) in [5.74, 6) is 0. The fraction of sp³-hybridized carbons (Fsp3) is 1.00. The van der Waals surface area contributed by atoms with Crippen molar-refractivity contribution in [3.63, 3.8) is 0 Å². The monoisotopic (exact) mass is 262 g/mol. The molecule has 1 N–H and O–H groups in total. The van der Waals surface area contributed by atoms with Gasteiger partial charge < -0.3 is 14.8 Å². The van der Waals surface area contributed by atoms with E-state index in [1.54, 1.807) is 14.2 Å². The van der Waals surface area contributed by atoms with E-state index in [1.165, 1.54) is 0 Å². The van der Waals surface area contributed by atoms with Gasteiger partial charge in [-0.15, -0.1) is 0 Å². The van der Waals surface area contributed by atoms with E-state index in [1.807, 2.05) is 11.8 Å². The SMILES string of the molecule is COCCCN(CCOC)C1CNCC1SC. The van der Waals surface area contributed by atoms with Crippen LogP contribution >= 0.6 is 11.8 Å². The summed E-state index contributed by atoms with van der Waals surface area (Å²) in [5, 5.41) is 4.19. The van der Waals surface area contributed by atoms with Crippen LogP contribution in [-0.2, 0) is 9.47 Å². The predicted molar refractivity (Wildman–Crippen MR) is 73.9 cm³/mol. The molecular formula is C12H26N2O2S. The van der Waals surface area contributed by atoms with Crippen molar-refractivity contribution in [1.82, 2.24) is 10.2 Å². The summed E-state index contributed by atoms with van der Waals surface area (Å²) in [5.41, 5.74) is 0. The molecule has 0 aliphatic carbocycles. The maximum atomic E-state index is 5.21. The number of rotatable bonds is 9. The van der Waals surface area contributed by atoms with Gasteiger partial charge in [-0.3, -0.25) is 4.90 Å². The third-order valence-corrected chi connectivity index (χ3v) is 4.36. The van der Waals surface area contributed by atoms with E-state index < -0.39 is 0 Å². The molecule has 0 aromatic heterocycles. The molecular weight excluding hydrogens is 236 g/mol. The maximum Gasteiger partial charge on any atom is 0.0589 e. The molecule has 1 saturated heterocycles. The summed E-state index contributed by atoms with van der Waals surface area (Å²) < 4.78 is 10.3. The summed E-state index contributed by atoms with van der Waals surface area (Å²) in [6, 6.07) is 0.636. The van der Waals surface area contributed by atoms with Gasteiger partial charge in [0.1, 0.15) is 0 Å². The zero-order valence-electron chi connectivity index (χ0n) is 11.3. The van der Waals surface area contributed by atoms with Gasteiger partial charge in [-0.2, -0.15) is 11.8 Å². The molecule has 0 spiro atoms. The second-order valence-electron chi connectivity index (χ2n) is 4.37. The first kappa shape index (κ1) is 15.2. The molecule has 0 radical (unpaired) electrons. The standard InChI is InChI=1S/C12H26N2O2S/c1-15-7-4-5-14(6-8-16-2)11-9-13-10-12(11)17-3/h11-13H,4-10H2,1-3H3. The van der Waals surface area contributed by atoms with E-state index in [4.69, 9.17) is 9.47 Å². The average molecular weight is 262 g/mol. The van der Waals surface area contributed by atoms with Crippen LogP contribution in [0.4, 0.5) is 0 Å². The van der Waals surface area contributed by atoms with Crippen molar-refractivity contribution in [2.24, 2.45) is 0 Å². The van der Waals surface area contributed by atoms with Gasteiger partial charge in [-0.25, -0.2) is 0 Å². The van der Waals surface area contributed by atoms with E-state index in [9.17, 15) is 0 Å². The van der Waals surface area contributed by atoms with Crippen LogP contribution in [0, 0.1) is 0 Å². The summed E-state index contributed by atoms with van der Waals surface area (Å²) in [7, 11) is 3.54. The second kappa shape index (κ2) is 9.16. The van der Waals surface area contributed by atoms with Crippen LogP contribution in [-0.4, -0.2) is 76.1 Å². The first-order chi connectivity index (χ1) is 8.33. The summed E-state index contributed by atoms with van der Waals surface area (Å²) in [4.78, 5) is 2.55. The third kappa shape index (κ3) is 5.14. The van der Waals surface area contributed by atoms with Crippen LogP contribution in [0.15, 0.2) is 0 Å². The number of nitrogens with zero attached hydrogens (tertiary/aromatic N) is 1. The number of thioether (sulfide) groups is 1. The molecule has 0 amide bonds. The van der Waals surface area contributed by atoms with Crippen LogP contribution in [0.5, 0.6) is 0 Å². The van der Waals surface area contributed by atoms with Crippen LogP contribution in [0.1, 0.15) is 6.42 Å². The summed E-state index contributed by atoms with van der Waals surface area (Å²) in [6.45, 7) is 5.99. The quantitative estimate of drug-likeness (QED) is 0.618. The molecule has 0 bridgehead atoms. The highest BCUT2D eigenvalue weighted by Gasteiger charge is 2.30. The van der Waals surface area contributed by atoms with Crippen molar-refractivity contribution in [2.75, 3.05) is 59.9 Å². The van der Waals surface area contributed by atoms with Gasteiger partial charge in [0.15, 0.2) is 0 Å². The minimum atomic E-state index is 0.636. The molecule has 0 aromatic carbocycles. The highest BCUT2D eigenvalue weighted by Crippen LogP contribution is 2.20. The molecule has 2 atom stereocenters. The van der Waals surface area contributed by atoms with Crippen molar-refractivity contribution in [3.8, 4) is 0 Å². The smallest absolute Gasteiger partial charge is 0.0589 e. The lowest BCUT2D eigenvalue weighted by molar-refractivity contribution is 0.112. The normalized spacial score (nSPS) is 24.7. The average Bonchev–Trinajstić information content (AvgIpc) is 2.81. The minimum absolute atomic E-state index is 0.636. The fourth-order valence-electron chi connectivity index (χ4n) is 2.31. The zero-order valence-corrected chi connectivity index (χ0v) is 12.1. The Balaban J connectivity index is 2.42. The predicted octanol–water partition coefficient (Wildman–Crippen LogP) is 0.675.